The van der Waals surface area contributed by atoms with Crippen molar-refractivity contribution in [2.45, 2.75) is 69.4 Å². The number of benzene rings is 1. The summed E-state index contributed by atoms with van der Waals surface area (Å²) < 4.78 is 6.59. The Morgan fingerprint density at radius 2 is 1.52 bits per heavy atom. The second kappa shape index (κ2) is 5.65. The second-order valence-corrected chi connectivity index (χ2v) is 18.3. The maximum atomic E-state index is 10.9. The Bertz CT molecular complexity index is 465. The molecule has 0 aromatic heterocycles. The van der Waals surface area contributed by atoms with Crippen LogP contribution in [0.3, 0.4) is 0 Å². The number of hydrogen-bond donors (Lipinski definition) is 1. The first kappa shape index (κ1) is 16.9. The molecule has 4 heteroatoms. The summed E-state index contributed by atoms with van der Waals surface area (Å²) in [5.41, 5.74) is 0.997. The zero-order chi connectivity index (χ0) is 15.9. The maximum Gasteiger partial charge on any atom is 0.184 e. The van der Waals surface area contributed by atoms with E-state index in [4.69, 9.17) is 4.43 Å². The first-order valence-corrected chi connectivity index (χ1v) is 15.0. The van der Waals surface area contributed by atoms with Gasteiger partial charge < -0.3 is 9.53 Å². The van der Waals surface area contributed by atoms with Gasteiger partial charge in [-0.2, -0.15) is 0 Å². The van der Waals surface area contributed by atoms with Crippen molar-refractivity contribution in [1.82, 2.24) is 0 Å². The number of hydrogen-bond acceptors (Lipinski definition) is 2. The van der Waals surface area contributed by atoms with E-state index < -0.39 is 22.0 Å². The molecule has 0 unspecified atom stereocenters. The van der Waals surface area contributed by atoms with Gasteiger partial charge in [0.15, 0.2) is 8.32 Å². The van der Waals surface area contributed by atoms with E-state index in [1.165, 1.54) is 5.56 Å². The lowest BCUT2D eigenvalue weighted by molar-refractivity contribution is 0.0701. The van der Waals surface area contributed by atoms with Crippen LogP contribution in [-0.2, 0) is 4.43 Å². The van der Waals surface area contributed by atoms with Gasteiger partial charge in [0, 0.05) is 5.54 Å². The molecule has 0 heterocycles. The summed E-state index contributed by atoms with van der Waals surface area (Å²) in [7, 11) is -3.24. The van der Waals surface area contributed by atoms with Gasteiger partial charge in [0.25, 0.3) is 0 Å². The van der Waals surface area contributed by atoms with Crippen molar-refractivity contribution >= 4 is 16.4 Å². The van der Waals surface area contributed by atoms with Gasteiger partial charge in [-0.3, -0.25) is 0 Å². The zero-order valence-corrected chi connectivity index (χ0v) is 16.3. The number of rotatable bonds is 6. The van der Waals surface area contributed by atoms with Gasteiger partial charge in [-0.1, -0.05) is 50.0 Å². The van der Waals surface area contributed by atoms with Crippen LogP contribution in [0.1, 0.15) is 24.5 Å². The quantitative estimate of drug-likeness (QED) is 0.761. The molecule has 0 saturated heterocycles. The van der Waals surface area contributed by atoms with Gasteiger partial charge in [0.1, 0.15) is 0 Å². The van der Waals surface area contributed by atoms with Gasteiger partial charge in [-0.05, 0) is 38.0 Å². The van der Waals surface area contributed by atoms with Crippen LogP contribution < -0.4 is 0 Å². The van der Waals surface area contributed by atoms with Crippen molar-refractivity contribution in [1.29, 1.82) is 0 Å². The fourth-order valence-electron chi connectivity index (χ4n) is 3.33. The molecule has 0 amide bonds. The molecule has 1 aliphatic rings. The standard InChI is InChI=1S/C17H30O2Si2/c1-20(2,3)16(17(18)12-13-17)15(19-21(4,5)6)14-10-8-7-9-11-14/h7-11,15-16,18H,12-13H2,1-6H3/t15-,16+/m0/s1. The SMILES string of the molecule is C[Si](C)(C)O[C@@H](c1ccccc1)[C@H](C1(O)CC1)[Si](C)(C)C. The topological polar surface area (TPSA) is 29.5 Å². The van der Waals surface area contributed by atoms with Gasteiger partial charge >= 0.3 is 0 Å². The van der Waals surface area contributed by atoms with Crippen molar-refractivity contribution in [3.63, 3.8) is 0 Å². The Morgan fingerprint density at radius 1 is 1.00 bits per heavy atom. The van der Waals surface area contributed by atoms with E-state index >= 15 is 0 Å². The molecular formula is C17H30O2Si2. The van der Waals surface area contributed by atoms with E-state index in [9.17, 15) is 5.11 Å². The average molecular weight is 323 g/mol. The lowest BCUT2D eigenvalue weighted by Gasteiger charge is -2.42. The molecule has 21 heavy (non-hydrogen) atoms. The molecule has 1 aromatic carbocycles. The minimum absolute atomic E-state index is 0.0389. The monoisotopic (exact) mass is 322 g/mol. The van der Waals surface area contributed by atoms with Crippen molar-refractivity contribution in [3.8, 4) is 0 Å². The van der Waals surface area contributed by atoms with E-state index in [1.54, 1.807) is 0 Å². The third kappa shape index (κ3) is 4.28. The van der Waals surface area contributed by atoms with Crippen molar-refractivity contribution in [3.05, 3.63) is 35.9 Å². The summed E-state index contributed by atoms with van der Waals surface area (Å²) in [6.07, 6.45) is 1.90. The van der Waals surface area contributed by atoms with Crippen LogP contribution >= 0.6 is 0 Å². The van der Waals surface area contributed by atoms with E-state index in [1.807, 2.05) is 6.07 Å². The molecule has 2 nitrogen and oxygen atoms in total. The minimum atomic E-state index is -1.68. The Kier molecular flexibility index (Phi) is 4.56. The normalized spacial score (nSPS) is 20.9. The first-order valence-electron chi connectivity index (χ1n) is 7.98. The largest absolute Gasteiger partial charge is 0.411 e. The third-order valence-corrected chi connectivity index (χ3v) is 7.85. The van der Waals surface area contributed by atoms with Crippen LogP contribution in [0.15, 0.2) is 30.3 Å². The molecule has 0 aliphatic heterocycles. The predicted molar refractivity (Wildman–Crippen MR) is 94.9 cm³/mol. The van der Waals surface area contributed by atoms with Gasteiger partial charge in [-0.15, -0.1) is 0 Å². The van der Waals surface area contributed by atoms with Crippen LogP contribution in [0.5, 0.6) is 0 Å². The molecule has 0 bridgehead atoms. The Balaban J connectivity index is 2.42. The van der Waals surface area contributed by atoms with Gasteiger partial charge in [-0.25, -0.2) is 0 Å². The number of aliphatic hydroxyl groups is 1. The zero-order valence-electron chi connectivity index (χ0n) is 14.3. The molecule has 118 valence electrons. The maximum absolute atomic E-state index is 10.9. The summed E-state index contributed by atoms with van der Waals surface area (Å²) >= 11 is 0. The molecular weight excluding hydrogens is 292 g/mol. The van der Waals surface area contributed by atoms with E-state index in [-0.39, 0.29) is 11.6 Å². The summed E-state index contributed by atoms with van der Waals surface area (Å²) in [6.45, 7) is 13.8. The second-order valence-electron chi connectivity index (χ2n) is 8.51. The molecule has 1 saturated carbocycles. The van der Waals surface area contributed by atoms with Gasteiger partial charge in [0.05, 0.1) is 19.8 Å². The molecule has 2 atom stereocenters. The molecule has 1 aliphatic carbocycles. The highest BCUT2D eigenvalue weighted by atomic mass is 28.4. The highest BCUT2D eigenvalue weighted by Crippen LogP contribution is 2.56. The van der Waals surface area contributed by atoms with Crippen LogP contribution in [0, 0.1) is 0 Å². The van der Waals surface area contributed by atoms with Crippen molar-refractivity contribution in [2.75, 3.05) is 0 Å². The summed E-state index contributed by atoms with van der Waals surface area (Å²) in [4.78, 5) is 0. The highest BCUT2D eigenvalue weighted by Gasteiger charge is 2.56. The third-order valence-electron chi connectivity index (χ3n) is 4.19. The van der Waals surface area contributed by atoms with Crippen LogP contribution in [0.25, 0.3) is 0 Å². The molecule has 0 radical (unpaired) electrons. The fourth-order valence-corrected chi connectivity index (χ4v) is 7.57. The lowest BCUT2D eigenvalue weighted by atomic mass is 10.0. The van der Waals surface area contributed by atoms with Crippen LogP contribution in [-0.4, -0.2) is 27.1 Å². The van der Waals surface area contributed by atoms with Crippen LogP contribution in [0.4, 0.5) is 0 Å². The molecule has 2 rings (SSSR count). The van der Waals surface area contributed by atoms with Gasteiger partial charge in [0.2, 0.25) is 0 Å². The van der Waals surface area contributed by atoms with Crippen molar-refractivity contribution in [2.24, 2.45) is 0 Å². The summed E-state index contributed by atoms with van der Waals surface area (Å²) in [6, 6.07) is 10.5. The Morgan fingerprint density at radius 3 is 1.90 bits per heavy atom. The minimum Gasteiger partial charge on any atom is -0.411 e. The molecule has 0 spiro atoms. The average Bonchev–Trinajstić information content (AvgIpc) is 3.04. The summed E-state index contributed by atoms with van der Waals surface area (Å²) in [5, 5.41) is 10.9. The predicted octanol–water partition coefficient (Wildman–Crippen LogP) is 4.81. The first-order chi connectivity index (χ1) is 9.53. The fraction of sp³-hybridized carbons (Fsp3) is 0.647. The van der Waals surface area contributed by atoms with Crippen LogP contribution in [0.2, 0.25) is 44.8 Å². The van der Waals surface area contributed by atoms with E-state index in [2.05, 4.69) is 63.5 Å². The Hall–Kier alpha value is -0.426. The van der Waals surface area contributed by atoms with E-state index in [0.29, 0.717) is 0 Å². The smallest absolute Gasteiger partial charge is 0.184 e. The molecule has 1 aromatic rings. The Labute approximate surface area is 131 Å². The lowest BCUT2D eigenvalue weighted by Crippen LogP contribution is -2.44. The summed E-state index contributed by atoms with van der Waals surface area (Å²) in [5.74, 6) is 0. The molecule has 1 N–H and O–H groups in total. The highest BCUT2D eigenvalue weighted by molar-refractivity contribution is 6.78. The van der Waals surface area contributed by atoms with Crippen molar-refractivity contribution < 1.29 is 9.53 Å². The molecule has 1 fully saturated rings. The van der Waals surface area contributed by atoms with E-state index in [0.717, 1.165) is 12.8 Å².